The molecule has 1 atom stereocenters. The van der Waals surface area contributed by atoms with Gasteiger partial charge in [0.25, 0.3) is 0 Å². The normalized spacial score (nSPS) is 31.2. The number of hydrazine groups is 1. The van der Waals surface area contributed by atoms with Crippen LogP contribution in [0, 0.1) is 5.41 Å². The molecule has 0 aromatic carbocycles. The number of nitrogens with zero attached hydrogens (tertiary/aromatic N) is 1. The molecule has 0 fully saturated rings. The van der Waals surface area contributed by atoms with Gasteiger partial charge in [0.1, 0.15) is 0 Å². The van der Waals surface area contributed by atoms with Crippen molar-refractivity contribution in [3.05, 3.63) is 11.8 Å². The Morgan fingerprint density at radius 2 is 2.36 bits per heavy atom. The summed E-state index contributed by atoms with van der Waals surface area (Å²) in [5.74, 6) is 5.74. The summed E-state index contributed by atoms with van der Waals surface area (Å²) in [6, 6.07) is 0. The van der Waals surface area contributed by atoms with E-state index in [1.807, 2.05) is 6.92 Å². The molecule has 0 aromatic heterocycles. The summed E-state index contributed by atoms with van der Waals surface area (Å²) in [4.78, 5) is 0. The number of hydrazone groups is 1. The fraction of sp³-hybridized carbons (Fsp3) is 0.667. The van der Waals surface area contributed by atoms with Crippen LogP contribution < -0.4 is 5.84 Å². The molecule has 0 amide bonds. The molecule has 62 valence electrons. The summed E-state index contributed by atoms with van der Waals surface area (Å²) in [6.07, 6.45) is 6.57. The maximum atomic E-state index is 5.74. The van der Waals surface area contributed by atoms with Crippen molar-refractivity contribution in [2.24, 2.45) is 11.3 Å². The molecular weight excluding hydrogens is 136 g/mol. The average Bonchev–Trinajstić information content (AvgIpc) is 1.98. The Kier molecular flexibility index (Phi) is 2.03. The van der Waals surface area contributed by atoms with Crippen LogP contribution in [0.4, 0.5) is 0 Å². The SMILES string of the molecule is CCC1(C)C=[N+](N)C(C)=CC1. The highest BCUT2D eigenvalue weighted by molar-refractivity contribution is 5.61. The third-order valence-electron chi connectivity index (χ3n) is 2.53. The maximum absolute atomic E-state index is 5.74. The first kappa shape index (κ1) is 8.31. The first-order valence-corrected chi connectivity index (χ1v) is 4.14. The molecule has 0 aliphatic carbocycles. The minimum absolute atomic E-state index is 0.272. The van der Waals surface area contributed by atoms with E-state index >= 15 is 0 Å². The summed E-state index contributed by atoms with van der Waals surface area (Å²) in [5.41, 5.74) is 1.42. The molecule has 1 heterocycles. The molecule has 0 spiro atoms. The first-order valence-electron chi connectivity index (χ1n) is 4.14. The molecule has 0 saturated carbocycles. The highest BCUT2D eigenvalue weighted by Gasteiger charge is 2.28. The third kappa shape index (κ3) is 1.62. The van der Waals surface area contributed by atoms with Gasteiger partial charge in [0.2, 0.25) is 5.70 Å². The van der Waals surface area contributed by atoms with Gasteiger partial charge in [-0.05, 0) is 25.8 Å². The molecular formula is C9H17N2+. The number of hydrogen-bond acceptors (Lipinski definition) is 1. The van der Waals surface area contributed by atoms with Crippen LogP contribution in [0.1, 0.15) is 33.6 Å². The number of allylic oxidation sites excluding steroid dienone is 2. The molecule has 1 aliphatic heterocycles. The molecule has 0 aromatic rings. The molecule has 2 N–H and O–H groups in total. The van der Waals surface area contributed by atoms with Crippen molar-refractivity contribution < 1.29 is 4.68 Å². The lowest BCUT2D eigenvalue weighted by molar-refractivity contribution is -0.489. The average molecular weight is 153 g/mol. The maximum Gasteiger partial charge on any atom is 0.204 e. The molecule has 0 saturated heterocycles. The van der Waals surface area contributed by atoms with Crippen molar-refractivity contribution in [1.82, 2.24) is 0 Å². The van der Waals surface area contributed by atoms with Crippen LogP contribution in [-0.4, -0.2) is 10.9 Å². The number of rotatable bonds is 1. The molecule has 2 nitrogen and oxygen atoms in total. The van der Waals surface area contributed by atoms with Crippen molar-refractivity contribution in [2.75, 3.05) is 0 Å². The molecule has 0 bridgehead atoms. The molecule has 0 radical (unpaired) electrons. The van der Waals surface area contributed by atoms with Gasteiger partial charge in [-0.2, -0.15) is 0 Å². The Bertz CT molecular complexity index is 216. The highest BCUT2D eigenvalue weighted by Crippen LogP contribution is 2.26. The monoisotopic (exact) mass is 153 g/mol. The number of nitrogens with two attached hydrogens (primary N) is 1. The number of hydrogen-bond donors (Lipinski definition) is 1. The van der Waals surface area contributed by atoms with Gasteiger partial charge >= 0.3 is 0 Å². The van der Waals surface area contributed by atoms with Gasteiger partial charge < -0.3 is 0 Å². The fourth-order valence-electron chi connectivity index (χ4n) is 1.21. The van der Waals surface area contributed by atoms with Crippen LogP contribution in [0.15, 0.2) is 11.8 Å². The van der Waals surface area contributed by atoms with Gasteiger partial charge in [0, 0.05) is 6.92 Å². The Morgan fingerprint density at radius 3 is 2.82 bits per heavy atom. The zero-order valence-corrected chi connectivity index (χ0v) is 7.59. The Morgan fingerprint density at radius 1 is 1.73 bits per heavy atom. The van der Waals surface area contributed by atoms with Crippen LogP contribution in [0.3, 0.4) is 0 Å². The lowest BCUT2D eigenvalue weighted by atomic mass is 9.84. The quantitative estimate of drug-likeness (QED) is 0.450. The van der Waals surface area contributed by atoms with E-state index in [-0.39, 0.29) is 5.41 Å². The summed E-state index contributed by atoms with van der Waals surface area (Å²) in [7, 11) is 0. The van der Waals surface area contributed by atoms with Gasteiger partial charge in [-0.25, -0.2) is 5.84 Å². The van der Waals surface area contributed by atoms with E-state index < -0.39 is 0 Å². The van der Waals surface area contributed by atoms with E-state index in [1.165, 1.54) is 0 Å². The van der Waals surface area contributed by atoms with E-state index in [0.29, 0.717) is 0 Å². The van der Waals surface area contributed by atoms with Gasteiger partial charge in [-0.15, -0.1) is 0 Å². The van der Waals surface area contributed by atoms with Gasteiger partial charge in [-0.1, -0.05) is 11.6 Å². The topological polar surface area (TPSA) is 29.0 Å². The van der Waals surface area contributed by atoms with E-state index in [1.54, 1.807) is 4.68 Å². The Hall–Kier alpha value is -0.790. The highest BCUT2D eigenvalue weighted by atomic mass is 15.3. The van der Waals surface area contributed by atoms with Crippen LogP contribution in [0.25, 0.3) is 0 Å². The molecule has 1 aliphatic rings. The fourth-order valence-corrected chi connectivity index (χ4v) is 1.21. The smallest absolute Gasteiger partial charge is 0.204 e. The minimum Gasteiger partial charge on any atom is -0.205 e. The first-order chi connectivity index (χ1) is 5.07. The second-order valence-electron chi connectivity index (χ2n) is 3.59. The van der Waals surface area contributed by atoms with Crippen molar-refractivity contribution in [2.45, 2.75) is 33.6 Å². The zero-order valence-electron chi connectivity index (χ0n) is 7.59. The van der Waals surface area contributed by atoms with Gasteiger partial charge in [0.15, 0.2) is 6.21 Å². The lowest BCUT2D eigenvalue weighted by Gasteiger charge is -2.21. The third-order valence-corrected chi connectivity index (χ3v) is 2.53. The summed E-state index contributed by atoms with van der Waals surface area (Å²) in [5, 5.41) is 0. The zero-order chi connectivity index (χ0) is 8.48. The van der Waals surface area contributed by atoms with Gasteiger partial charge in [0.05, 0.1) is 5.41 Å². The van der Waals surface area contributed by atoms with Crippen molar-refractivity contribution in [1.29, 1.82) is 0 Å². The van der Waals surface area contributed by atoms with Crippen LogP contribution in [0.2, 0.25) is 0 Å². The van der Waals surface area contributed by atoms with Crippen LogP contribution in [-0.2, 0) is 0 Å². The predicted octanol–water partition coefficient (Wildman–Crippen LogP) is 1.67. The molecule has 2 heteroatoms. The molecule has 1 rings (SSSR count). The molecule has 11 heavy (non-hydrogen) atoms. The summed E-state index contributed by atoms with van der Waals surface area (Å²) in [6.45, 7) is 6.46. The standard InChI is InChI=1S/C9H17N2/c1-4-9(3)6-5-8(2)11(10)7-9/h5,7H,4,6,10H2,1-3H3/q+1. The summed E-state index contributed by atoms with van der Waals surface area (Å²) >= 11 is 0. The van der Waals surface area contributed by atoms with E-state index in [4.69, 9.17) is 5.84 Å². The van der Waals surface area contributed by atoms with Crippen molar-refractivity contribution >= 4 is 6.21 Å². The van der Waals surface area contributed by atoms with Crippen molar-refractivity contribution in [3.8, 4) is 0 Å². The van der Waals surface area contributed by atoms with Crippen molar-refractivity contribution in [3.63, 3.8) is 0 Å². The largest absolute Gasteiger partial charge is 0.205 e. The van der Waals surface area contributed by atoms with Crippen LogP contribution >= 0.6 is 0 Å². The second-order valence-corrected chi connectivity index (χ2v) is 3.59. The second kappa shape index (κ2) is 2.68. The molecule has 1 unspecified atom stereocenters. The Labute approximate surface area is 68.4 Å². The van der Waals surface area contributed by atoms with Crippen LogP contribution in [0.5, 0.6) is 0 Å². The van der Waals surface area contributed by atoms with E-state index in [9.17, 15) is 0 Å². The van der Waals surface area contributed by atoms with E-state index in [2.05, 4.69) is 26.1 Å². The Balaban J connectivity index is 2.84. The van der Waals surface area contributed by atoms with E-state index in [0.717, 1.165) is 18.5 Å². The van der Waals surface area contributed by atoms with Gasteiger partial charge in [-0.3, -0.25) is 0 Å². The minimum atomic E-state index is 0.272. The lowest BCUT2D eigenvalue weighted by Crippen LogP contribution is -2.31. The summed E-state index contributed by atoms with van der Waals surface area (Å²) < 4.78 is 1.73. The predicted molar refractivity (Wildman–Crippen MR) is 47.3 cm³/mol.